The summed E-state index contributed by atoms with van der Waals surface area (Å²) in [6, 6.07) is 0. The zero-order chi connectivity index (χ0) is 6.15. The average Bonchev–Trinajstić information content (AvgIpc) is 1.98. The van der Waals surface area contributed by atoms with Gasteiger partial charge < -0.3 is 17.0 Å². The Morgan fingerprint density at radius 2 is 2.00 bits per heavy atom. The van der Waals surface area contributed by atoms with Gasteiger partial charge in [0.15, 0.2) is 5.69 Å². The number of aromatic nitrogens is 1. The molecule has 1 aromatic heterocycles. The van der Waals surface area contributed by atoms with Gasteiger partial charge in [-0.3, -0.25) is 0 Å². The SMILES string of the molecule is Cc1sc[n+](C)c1C.[Br-]. The first-order valence-corrected chi connectivity index (χ1v) is 3.50. The standard InChI is InChI=1S/C6H10NS.BrH/c1-5-6(2)8-4-7(5)3;/h4H,1-3H3;1H/q+1;/p-1. The summed E-state index contributed by atoms with van der Waals surface area (Å²) in [5, 5.41) is 0. The summed E-state index contributed by atoms with van der Waals surface area (Å²) >= 11 is 1.79. The first-order valence-electron chi connectivity index (χ1n) is 2.62. The Morgan fingerprint density at radius 3 is 2.11 bits per heavy atom. The van der Waals surface area contributed by atoms with Crippen molar-refractivity contribution in [2.75, 3.05) is 0 Å². The second-order valence-electron chi connectivity index (χ2n) is 1.98. The number of thiazole rings is 1. The summed E-state index contributed by atoms with van der Waals surface area (Å²) < 4.78 is 2.14. The molecular weight excluding hydrogens is 198 g/mol. The summed E-state index contributed by atoms with van der Waals surface area (Å²) in [4.78, 5) is 1.41. The van der Waals surface area contributed by atoms with Crippen LogP contribution in [0.15, 0.2) is 5.51 Å². The van der Waals surface area contributed by atoms with E-state index in [4.69, 9.17) is 0 Å². The summed E-state index contributed by atoms with van der Waals surface area (Å²) in [7, 11) is 2.07. The molecule has 0 bridgehead atoms. The fourth-order valence-electron chi connectivity index (χ4n) is 0.571. The van der Waals surface area contributed by atoms with Crippen LogP contribution in [0.5, 0.6) is 0 Å². The maximum absolute atomic E-state index is 2.14. The molecule has 0 spiro atoms. The van der Waals surface area contributed by atoms with Crippen LogP contribution in [0.25, 0.3) is 0 Å². The third kappa shape index (κ3) is 1.76. The number of nitrogens with zero attached hydrogens (tertiary/aromatic N) is 1. The topological polar surface area (TPSA) is 3.88 Å². The van der Waals surface area contributed by atoms with E-state index in [1.54, 1.807) is 11.3 Å². The second-order valence-corrected chi connectivity index (χ2v) is 3.03. The molecule has 9 heavy (non-hydrogen) atoms. The Balaban J connectivity index is 0.000000640. The van der Waals surface area contributed by atoms with Crippen molar-refractivity contribution in [3.05, 3.63) is 16.1 Å². The molecular formula is C6H10BrNS. The van der Waals surface area contributed by atoms with Gasteiger partial charge in [0.2, 0.25) is 5.51 Å². The lowest BCUT2D eigenvalue weighted by Crippen LogP contribution is -3.00. The predicted molar refractivity (Wildman–Crippen MR) is 35.0 cm³/mol. The molecule has 0 fully saturated rings. The lowest BCUT2D eigenvalue weighted by atomic mass is 10.4. The first-order chi connectivity index (χ1) is 3.72. The summed E-state index contributed by atoms with van der Waals surface area (Å²) in [6.45, 7) is 4.27. The number of halogens is 1. The maximum atomic E-state index is 2.14. The Hall–Kier alpha value is 0.110. The molecule has 0 unspecified atom stereocenters. The van der Waals surface area contributed by atoms with Crippen LogP contribution in [0.2, 0.25) is 0 Å². The van der Waals surface area contributed by atoms with Gasteiger partial charge in [0.25, 0.3) is 0 Å². The van der Waals surface area contributed by atoms with E-state index < -0.39 is 0 Å². The quantitative estimate of drug-likeness (QED) is 0.443. The zero-order valence-electron chi connectivity index (χ0n) is 5.81. The number of aryl methyl sites for hydroxylation is 2. The van der Waals surface area contributed by atoms with E-state index in [-0.39, 0.29) is 17.0 Å². The van der Waals surface area contributed by atoms with Crippen LogP contribution in [-0.2, 0) is 7.05 Å². The van der Waals surface area contributed by atoms with E-state index in [0.29, 0.717) is 0 Å². The highest BCUT2D eigenvalue weighted by Gasteiger charge is 2.04. The Kier molecular flexibility index (Phi) is 3.36. The van der Waals surface area contributed by atoms with Gasteiger partial charge in [-0.15, -0.1) is 0 Å². The van der Waals surface area contributed by atoms with Crippen LogP contribution in [0.3, 0.4) is 0 Å². The summed E-state index contributed by atoms with van der Waals surface area (Å²) in [6.07, 6.45) is 0. The molecule has 0 amide bonds. The van der Waals surface area contributed by atoms with E-state index in [0.717, 1.165) is 0 Å². The first kappa shape index (κ1) is 9.11. The Morgan fingerprint density at radius 1 is 1.44 bits per heavy atom. The molecule has 0 aliphatic rings. The van der Waals surface area contributed by atoms with E-state index in [1.807, 2.05) is 0 Å². The Labute approximate surface area is 70.1 Å². The van der Waals surface area contributed by atoms with Gasteiger partial charge in [-0.25, -0.2) is 0 Å². The molecule has 0 aromatic carbocycles. The molecule has 0 saturated heterocycles. The molecule has 1 aromatic rings. The predicted octanol–water partition coefficient (Wildman–Crippen LogP) is -1.81. The zero-order valence-corrected chi connectivity index (χ0v) is 8.21. The highest BCUT2D eigenvalue weighted by atomic mass is 79.9. The smallest absolute Gasteiger partial charge is 0.224 e. The molecule has 0 aliphatic carbocycles. The third-order valence-electron chi connectivity index (χ3n) is 1.43. The van der Waals surface area contributed by atoms with Crippen molar-refractivity contribution in [3.63, 3.8) is 0 Å². The van der Waals surface area contributed by atoms with Crippen molar-refractivity contribution >= 4 is 11.3 Å². The van der Waals surface area contributed by atoms with Gasteiger partial charge >= 0.3 is 0 Å². The molecule has 1 rings (SSSR count). The molecule has 0 aliphatic heterocycles. The fourth-order valence-corrected chi connectivity index (χ4v) is 1.36. The largest absolute Gasteiger partial charge is 1.00 e. The van der Waals surface area contributed by atoms with Crippen molar-refractivity contribution in [3.8, 4) is 0 Å². The number of rotatable bonds is 0. The van der Waals surface area contributed by atoms with Crippen LogP contribution < -0.4 is 21.5 Å². The van der Waals surface area contributed by atoms with Crippen molar-refractivity contribution in [2.24, 2.45) is 7.05 Å². The molecule has 0 radical (unpaired) electrons. The minimum Gasteiger partial charge on any atom is -1.00 e. The van der Waals surface area contributed by atoms with Gasteiger partial charge in [0.1, 0.15) is 7.05 Å². The van der Waals surface area contributed by atoms with Crippen LogP contribution in [0.4, 0.5) is 0 Å². The molecule has 1 nitrogen and oxygen atoms in total. The van der Waals surface area contributed by atoms with Crippen LogP contribution in [0, 0.1) is 13.8 Å². The second kappa shape index (κ2) is 3.32. The van der Waals surface area contributed by atoms with Gasteiger partial charge in [0, 0.05) is 6.92 Å². The highest BCUT2D eigenvalue weighted by Crippen LogP contribution is 2.05. The van der Waals surface area contributed by atoms with Gasteiger partial charge in [-0.1, -0.05) is 11.3 Å². The van der Waals surface area contributed by atoms with Gasteiger partial charge in [-0.2, -0.15) is 4.57 Å². The van der Waals surface area contributed by atoms with E-state index in [9.17, 15) is 0 Å². The van der Waals surface area contributed by atoms with Crippen LogP contribution >= 0.6 is 11.3 Å². The monoisotopic (exact) mass is 207 g/mol. The highest BCUT2D eigenvalue weighted by molar-refractivity contribution is 7.09. The van der Waals surface area contributed by atoms with Crippen LogP contribution in [0.1, 0.15) is 10.6 Å². The van der Waals surface area contributed by atoms with Crippen molar-refractivity contribution in [1.29, 1.82) is 0 Å². The van der Waals surface area contributed by atoms with Gasteiger partial charge in [0.05, 0.1) is 4.88 Å². The van der Waals surface area contributed by atoms with Crippen molar-refractivity contribution in [1.82, 2.24) is 0 Å². The Bertz CT molecular complexity index is 175. The lowest BCUT2D eigenvalue weighted by Gasteiger charge is -1.79. The maximum Gasteiger partial charge on any atom is 0.224 e. The third-order valence-corrected chi connectivity index (χ3v) is 2.50. The molecule has 0 atom stereocenters. The van der Waals surface area contributed by atoms with Crippen LogP contribution in [-0.4, -0.2) is 0 Å². The van der Waals surface area contributed by atoms with E-state index >= 15 is 0 Å². The van der Waals surface area contributed by atoms with Gasteiger partial charge in [-0.05, 0) is 6.92 Å². The normalized spacial score (nSPS) is 8.78. The molecule has 52 valence electrons. The number of hydrogen-bond donors (Lipinski definition) is 0. The summed E-state index contributed by atoms with van der Waals surface area (Å²) in [5.41, 5.74) is 3.49. The minimum atomic E-state index is 0. The minimum absolute atomic E-state index is 0. The summed E-state index contributed by atoms with van der Waals surface area (Å²) in [5.74, 6) is 0. The number of hydrogen-bond acceptors (Lipinski definition) is 1. The fraction of sp³-hybridized carbons (Fsp3) is 0.500. The van der Waals surface area contributed by atoms with E-state index in [2.05, 4.69) is 31.0 Å². The van der Waals surface area contributed by atoms with Crippen molar-refractivity contribution < 1.29 is 21.5 Å². The van der Waals surface area contributed by atoms with Crippen molar-refractivity contribution in [2.45, 2.75) is 13.8 Å². The molecule has 0 saturated carbocycles. The lowest BCUT2D eigenvalue weighted by molar-refractivity contribution is -0.672. The molecule has 3 heteroatoms. The average molecular weight is 208 g/mol. The molecule has 1 heterocycles. The molecule has 0 N–H and O–H groups in total. The van der Waals surface area contributed by atoms with E-state index in [1.165, 1.54) is 10.6 Å².